The van der Waals surface area contributed by atoms with Crippen molar-refractivity contribution in [1.82, 2.24) is 4.57 Å². The first-order valence-corrected chi connectivity index (χ1v) is 6.10. The van der Waals surface area contributed by atoms with E-state index in [0.29, 0.717) is 0 Å². The highest BCUT2D eigenvalue weighted by Gasteiger charge is 2.41. The lowest BCUT2D eigenvalue weighted by Crippen LogP contribution is -2.04. The van der Waals surface area contributed by atoms with Gasteiger partial charge >= 0.3 is 0 Å². The van der Waals surface area contributed by atoms with Crippen molar-refractivity contribution in [3.05, 3.63) is 35.9 Å². The lowest BCUT2D eigenvalue weighted by molar-refractivity contribution is 0.336. The number of nitrogens with zero attached hydrogens (tertiary/aromatic N) is 1. The van der Waals surface area contributed by atoms with Gasteiger partial charge < -0.3 is 10.2 Å². The molecule has 0 amide bonds. The Morgan fingerprint density at radius 2 is 1.88 bits per heavy atom. The van der Waals surface area contributed by atoms with Crippen LogP contribution < -0.4 is 0 Å². The summed E-state index contributed by atoms with van der Waals surface area (Å²) in [7, 11) is 0. The van der Waals surface area contributed by atoms with Crippen LogP contribution in [0.25, 0.3) is 0 Å². The van der Waals surface area contributed by atoms with Gasteiger partial charge in [0.2, 0.25) is 0 Å². The van der Waals surface area contributed by atoms with Crippen molar-refractivity contribution >= 4 is 0 Å². The summed E-state index contributed by atoms with van der Waals surface area (Å²) in [5.41, 5.74) is 1.87. The maximum atomic E-state index is 10.3. The summed E-state index contributed by atoms with van der Waals surface area (Å²) in [5, 5.41) is 20.6. The maximum absolute atomic E-state index is 10.3. The van der Waals surface area contributed by atoms with Crippen LogP contribution in [0.2, 0.25) is 0 Å². The van der Waals surface area contributed by atoms with E-state index in [0.717, 1.165) is 24.0 Å². The van der Waals surface area contributed by atoms with E-state index < -0.39 is 0 Å². The molecule has 0 spiro atoms. The Morgan fingerprint density at radius 3 is 2.35 bits per heavy atom. The van der Waals surface area contributed by atoms with Crippen molar-refractivity contribution in [1.29, 1.82) is 0 Å². The SMILES string of the molecule is C=CCC(C)n1c(O)c2c(c1O)C1C=CC2C1. The molecular weight excluding hydrogens is 214 g/mol. The molecule has 1 aromatic heterocycles. The van der Waals surface area contributed by atoms with Gasteiger partial charge in [0.25, 0.3) is 0 Å². The van der Waals surface area contributed by atoms with E-state index in [9.17, 15) is 10.2 Å². The molecule has 2 aliphatic rings. The average molecular weight is 231 g/mol. The van der Waals surface area contributed by atoms with Crippen molar-refractivity contribution in [3.63, 3.8) is 0 Å². The monoisotopic (exact) mass is 231 g/mol. The van der Waals surface area contributed by atoms with Gasteiger partial charge in [-0.05, 0) is 19.8 Å². The molecule has 90 valence electrons. The van der Waals surface area contributed by atoms with Crippen LogP contribution in [0.1, 0.15) is 48.8 Å². The van der Waals surface area contributed by atoms with Gasteiger partial charge in [-0.25, -0.2) is 0 Å². The molecule has 2 bridgehead atoms. The van der Waals surface area contributed by atoms with Crippen LogP contribution in [0.4, 0.5) is 0 Å². The summed E-state index contributed by atoms with van der Waals surface area (Å²) >= 11 is 0. The van der Waals surface area contributed by atoms with Crippen LogP contribution in [0, 0.1) is 0 Å². The quantitative estimate of drug-likeness (QED) is 0.785. The van der Waals surface area contributed by atoms with Crippen LogP contribution in [0.15, 0.2) is 24.8 Å². The minimum Gasteiger partial charge on any atom is -0.494 e. The van der Waals surface area contributed by atoms with Crippen molar-refractivity contribution in [3.8, 4) is 11.8 Å². The highest BCUT2D eigenvalue weighted by molar-refractivity contribution is 5.58. The van der Waals surface area contributed by atoms with Crippen molar-refractivity contribution in [2.24, 2.45) is 0 Å². The van der Waals surface area contributed by atoms with Gasteiger partial charge in [-0.1, -0.05) is 18.2 Å². The van der Waals surface area contributed by atoms with E-state index in [-0.39, 0.29) is 29.6 Å². The third kappa shape index (κ3) is 1.22. The predicted molar refractivity (Wildman–Crippen MR) is 66.5 cm³/mol. The first-order chi connectivity index (χ1) is 8.15. The van der Waals surface area contributed by atoms with E-state index in [1.54, 1.807) is 4.57 Å². The standard InChI is InChI=1S/C14H17NO2/c1-3-4-8(2)15-13(16)11-9-5-6-10(7-9)12(11)14(15)17/h3,5-6,8-10,16-17H,1,4,7H2,2H3. The minimum absolute atomic E-state index is 0.0394. The number of rotatable bonds is 3. The van der Waals surface area contributed by atoms with Crippen LogP contribution in [-0.2, 0) is 0 Å². The third-order valence-corrected chi connectivity index (χ3v) is 4.00. The molecule has 0 radical (unpaired) electrons. The van der Waals surface area contributed by atoms with Crippen molar-refractivity contribution in [2.75, 3.05) is 0 Å². The third-order valence-electron chi connectivity index (χ3n) is 4.00. The number of fused-ring (bicyclic) bond motifs is 5. The Morgan fingerprint density at radius 1 is 1.35 bits per heavy atom. The first-order valence-electron chi connectivity index (χ1n) is 6.10. The number of hydrogen-bond donors (Lipinski definition) is 2. The van der Waals surface area contributed by atoms with Gasteiger partial charge in [-0.2, -0.15) is 0 Å². The zero-order chi connectivity index (χ0) is 12.2. The number of allylic oxidation sites excluding steroid dienone is 3. The molecule has 1 heterocycles. The predicted octanol–water partition coefficient (Wildman–Crippen LogP) is 3.18. The summed E-state index contributed by atoms with van der Waals surface area (Å²) in [6, 6.07) is 0.0394. The minimum atomic E-state index is 0.0394. The van der Waals surface area contributed by atoms with Crippen LogP contribution in [0.3, 0.4) is 0 Å². The molecule has 0 saturated carbocycles. The summed E-state index contributed by atoms with van der Waals surface area (Å²) in [6.45, 7) is 5.68. The fourth-order valence-corrected chi connectivity index (χ4v) is 3.22. The van der Waals surface area contributed by atoms with Gasteiger partial charge in [0.1, 0.15) is 0 Å². The van der Waals surface area contributed by atoms with E-state index >= 15 is 0 Å². The molecule has 3 rings (SSSR count). The van der Waals surface area contributed by atoms with E-state index in [1.807, 2.05) is 13.0 Å². The molecule has 3 nitrogen and oxygen atoms in total. The largest absolute Gasteiger partial charge is 0.494 e. The molecule has 17 heavy (non-hydrogen) atoms. The summed E-state index contributed by atoms with van der Waals surface area (Å²) in [4.78, 5) is 0. The second-order valence-corrected chi connectivity index (χ2v) is 5.05. The highest BCUT2D eigenvalue weighted by Crippen LogP contribution is 2.57. The number of aromatic nitrogens is 1. The Hall–Kier alpha value is -1.64. The highest BCUT2D eigenvalue weighted by atomic mass is 16.3. The zero-order valence-corrected chi connectivity index (χ0v) is 9.93. The number of aromatic hydroxyl groups is 2. The average Bonchev–Trinajstić information content (AvgIpc) is 2.93. The van der Waals surface area contributed by atoms with Crippen molar-refractivity contribution in [2.45, 2.75) is 37.6 Å². The fraction of sp³-hybridized carbons (Fsp3) is 0.429. The fourth-order valence-electron chi connectivity index (χ4n) is 3.22. The normalized spacial score (nSPS) is 26.2. The van der Waals surface area contributed by atoms with Gasteiger partial charge in [-0.15, -0.1) is 6.58 Å². The lowest BCUT2D eigenvalue weighted by Gasteiger charge is -2.15. The van der Waals surface area contributed by atoms with E-state index in [4.69, 9.17) is 0 Å². The van der Waals surface area contributed by atoms with E-state index in [2.05, 4.69) is 18.7 Å². The van der Waals surface area contributed by atoms with E-state index in [1.165, 1.54) is 0 Å². The smallest absolute Gasteiger partial charge is 0.198 e. The first kappa shape index (κ1) is 10.5. The Bertz CT molecular complexity index is 477. The molecular formula is C14H17NO2. The zero-order valence-electron chi connectivity index (χ0n) is 9.93. The number of hydrogen-bond acceptors (Lipinski definition) is 2. The van der Waals surface area contributed by atoms with Crippen LogP contribution in [-0.4, -0.2) is 14.8 Å². The molecule has 0 aliphatic heterocycles. The molecule has 2 N–H and O–H groups in total. The Labute approximate surface area is 101 Å². The summed E-state index contributed by atoms with van der Waals surface area (Å²) in [6.07, 6.45) is 7.81. The summed E-state index contributed by atoms with van der Waals surface area (Å²) < 4.78 is 1.64. The topological polar surface area (TPSA) is 45.4 Å². The molecule has 0 fully saturated rings. The molecule has 0 aromatic carbocycles. The Kier molecular flexibility index (Phi) is 2.12. The molecule has 2 aliphatic carbocycles. The van der Waals surface area contributed by atoms with Crippen molar-refractivity contribution < 1.29 is 10.2 Å². The maximum Gasteiger partial charge on any atom is 0.198 e. The second kappa shape index (κ2) is 3.42. The molecule has 0 saturated heterocycles. The van der Waals surface area contributed by atoms with Gasteiger partial charge in [-0.3, -0.25) is 4.57 Å². The van der Waals surface area contributed by atoms with Gasteiger partial charge in [0.15, 0.2) is 11.8 Å². The lowest BCUT2D eigenvalue weighted by atomic mass is 10.0. The van der Waals surface area contributed by atoms with Gasteiger partial charge in [0.05, 0.1) is 0 Å². The van der Waals surface area contributed by atoms with Gasteiger partial charge in [0, 0.05) is 29.0 Å². The summed E-state index contributed by atoms with van der Waals surface area (Å²) in [5.74, 6) is 1.06. The Balaban J connectivity index is 2.12. The molecule has 3 atom stereocenters. The van der Waals surface area contributed by atoms with Crippen LogP contribution >= 0.6 is 0 Å². The second-order valence-electron chi connectivity index (χ2n) is 5.05. The molecule has 1 aromatic rings. The molecule has 3 heteroatoms. The van der Waals surface area contributed by atoms with Crippen LogP contribution in [0.5, 0.6) is 11.8 Å². The molecule has 3 unspecified atom stereocenters.